The predicted octanol–water partition coefficient (Wildman–Crippen LogP) is 3.55. The zero-order valence-electron chi connectivity index (χ0n) is 10.9. The first-order valence-corrected chi connectivity index (χ1v) is 6.36. The van der Waals surface area contributed by atoms with Crippen LogP contribution in [-0.4, -0.2) is 16.7 Å². The van der Waals surface area contributed by atoms with Gasteiger partial charge in [0.15, 0.2) is 11.6 Å². The highest BCUT2D eigenvalue weighted by Crippen LogP contribution is 2.32. The van der Waals surface area contributed by atoms with E-state index in [1.165, 1.54) is 42.0 Å². The van der Waals surface area contributed by atoms with Gasteiger partial charge in [-0.25, -0.2) is 13.8 Å². The largest absolute Gasteiger partial charge is 0.494 e. The average molecular weight is 310 g/mol. The molecule has 0 radical (unpaired) electrons. The summed E-state index contributed by atoms with van der Waals surface area (Å²) in [6.45, 7) is 0. The fourth-order valence-corrected chi connectivity index (χ4v) is 2.44. The highest BCUT2D eigenvalue weighted by atomic mass is 35.5. The third-order valence-corrected chi connectivity index (χ3v) is 3.42. The lowest BCUT2D eigenvalue weighted by molar-refractivity contribution is 0.387. The molecule has 1 heterocycles. The number of imidazole rings is 1. The van der Waals surface area contributed by atoms with Crippen molar-refractivity contribution >= 4 is 28.6 Å². The molecule has 0 amide bonds. The summed E-state index contributed by atoms with van der Waals surface area (Å²) in [5.41, 5.74) is 6.57. The van der Waals surface area contributed by atoms with Gasteiger partial charge in [0, 0.05) is 12.1 Å². The van der Waals surface area contributed by atoms with Crippen LogP contribution < -0.4 is 10.5 Å². The first-order chi connectivity index (χ1) is 10.0. The molecule has 108 valence electrons. The first-order valence-electron chi connectivity index (χ1n) is 5.98. The molecule has 0 aliphatic rings. The molecule has 21 heavy (non-hydrogen) atoms. The number of hydrogen-bond donors (Lipinski definition) is 1. The maximum atomic E-state index is 14.1. The van der Waals surface area contributed by atoms with E-state index in [4.69, 9.17) is 22.1 Å². The van der Waals surface area contributed by atoms with Crippen LogP contribution in [-0.2, 0) is 0 Å². The van der Waals surface area contributed by atoms with Crippen LogP contribution in [0.1, 0.15) is 0 Å². The monoisotopic (exact) mass is 309 g/mol. The van der Waals surface area contributed by atoms with Gasteiger partial charge in [0.05, 0.1) is 23.2 Å². The van der Waals surface area contributed by atoms with E-state index in [1.807, 2.05) is 0 Å². The number of methoxy groups -OCH3 is 1. The number of halogens is 3. The van der Waals surface area contributed by atoms with Gasteiger partial charge in [0.1, 0.15) is 11.5 Å². The van der Waals surface area contributed by atoms with Gasteiger partial charge in [0.25, 0.3) is 0 Å². The molecule has 4 nitrogen and oxygen atoms in total. The van der Waals surface area contributed by atoms with Gasteiger partial charge in [-0.1, -0.05) is 17.7 Å². The maximum absolute atomic E-state index is 14.1. The van der Waals surface area contributed by atoms with Crippen molar-refractivity contribution in [2.45, 2.75) is 0 Å². The third-order valence-electron chi connectivity index (χ3n) is 3.12. The minimum atomic E-state index is -0.575. The highest BCUT2D eigenvalue weighted by molar-refractivity contribution is 6.32. The second-order valence-electron chi connectivity index (χ2n) is 4.35. The summed E-state index contributed by atoms with van der Waals surface area (Å²) in [5, 5.41) is 0.171. The number of nitrogens with zero attached hydrogens (tertiary/aromatic N) is 2. The van der Waals surface area contributed by atoms with Crippen LogP contribution in [0.2, 0.25) is 5.02 Å². The summed E-state index contributed by atoms with van der Waals surface area (Å²) < 4.78 is 34.1. The van der Waals surface area contributed by atoms with Crippen LogP contribution in [0.4, 0.5) is 14.7 Å². The van der Waals surface area contributed by atoms with Gasteiger partial charge in [-0.05, 0) is 12.1 Å². The lowest BCUT2D eigenvalue weighted by Crippen LogP contribution is -2.04. The third kappa shape index (κ3) is 2.08. The predicted molar refractivity (Wildman–Crippen MR) is 77.0 cm³/mol. The number of nitrogen functional groups attached to an aromatic ring is 1. The molecular formula is C14H10ClF2N3O. The Morgan fingerprint density at radius 1 is 1.24 bits per heavy atom. The van der Waals surface area contributed by atoms with Crippen LogP contribution in [0, 0.1) is 11.6 Å². The zero-order chi connectivity index (χ0) is 15.1. The van der Waals surface area contributed by atoms with Crippen LogP contribution in [0.15, 0.2) is 30.3 Å². The van der Waals surface area contributed by atoms with Crippen molar-refractivity contribution in [1.82, 2.24) is 9.55 Å². The summed E-state index contributed by atoms with van der Waals surface area (Å²) in [6, 6.07) is 6.85. The minimum Gasteiger partial charge on any atom is -0.494 e. The Balaban J connectivity index is 2.40. The van der Waals surface area contributed by atoms with Crippen molar-refractivity contribution < 1.29 is 13.5 Å². The number of hydrogen-bond acceptors (Lipinski definition) is 3. The Kier molecular flexibility index (Phi) is 3.17. The lowest BCUT2D eigenvalue weighted by Gasteiger charge is -2.10. The van der Waals surface area contributed by atoms with E-state index in [0.29, 0.717) is 5.52 Å². The van der Waals surface area contributed by atoms with Crippen LogP contribution >= 0.6 is 11.6 Å². The molecule has 1 aromatic heterocycles. The second-order valence-corrected chi connectivity index (χ2v) is 4.76. The number of nitrogens with two attached hydrogens (primary N) is 1. The molecule has 3 rings (SSSR count). The lowest BCUT2D eigenvalue weighted by atomic mass is 10.2. The van der Waals surface area contributed by atoms with E-state index in [2.05, 4.69) is 4.98 Å². The normalized spacial score (nSPS) is 11.0. The summed E-state index contributed by atoms with van der Waals surface area (Å²) in [4.78, 5) is 4.03. The quantitative estimate of drug-likeness (QED) is 0.787. The van der Waals surface area contributed by atoms with E-state index in [9.17, 15) is 8.78 Å². The SMILES string of the molecule is COc1cc2c(cc1F)nc(N)n2-c1c(F)cccc1Cl. The molecule has 0 atom stereocenters. The number of ether oxygens (including phenoxy) is 1. The summed E-state index contributed by atoms with van der Waals surface area (Å²) in [7, 11) is 1.34. The van der Waals surface area contributed by atoms with Crippen LogP contribution in [0.3, 0.4) is 0 Å². The Hall–Kier alpha value is -2.34. The maximum Gasteiger partial charge on any atom is 0.206 e. The van der Waals surface area contributed by atoms with Crippen molar-refractivity contribution in [1.29, 1.82) is 0 Å². The topological polar surface area (TPSA) is 53.1 Å². The van der Waals surface area contributed by atoms with Gasteiger partial charge in [-0.15, -0.1) is 0 Å². The Labute approximate surface area is 123 Å². The molecule has 7 heteroatoms. The number of para-hydroxylation sites is 1. The average Bonchev–Trinajstić information content (AvgIpc) is 2.73. The fraction of sp³-hybridized carbons (Fsp3) is 0.0714. The molecule has 2 aromatic carbocycles. The van der Waals surface area contributed by atoms with Crippen molar-refractivity contribution in [2.75, 3.05) is 12.8 Å². The summed E-state index contributed by atoms with van der Waals surface area (Å²) in [6.07, 6.45) is 0. The van der Waals surface area contributed by atoms with Crippen molar-refractivity contribution in [3.8, 4) is 11.4 Å². The molecule has 3 aromatic rings. The fourth-order valence-electron chi connectivity index (χ4n) is 2.19. The van der Waals surface area contributed by atoms with E-state index >= 15 is 0 Å². The molecule has 0 unspecified atom stereocenters. The Bertz CT molecular complexity index is 828. The van der Waals surface area contributed by atoms with Gasteiger partial charge in [-0.2, -0.15) is 0 Å². The second kappa shape index (κ2) is 4.89. The van der Waals surface area contributed by atoms with Gasteiger partial charge >= 0.3 is 0 Å². The number of rotatable bonds is 2. The van der Waals surface area contributed by atoms with E-state index in [1.54, 1.807) is 0 Å². The number of benzene rings is 2. The van der Waals surface area contributed by atoms with Crippen molar-refractivity contribution in [3.05, 3.63) is 47.0 Å². The minimum absolute atomic E-state index is 0.00431. The van der Waals surface area contributed by atoms with Gasteiger partial charge in [0.2, 0.25) is 5.95 Å². The Morgan fingerprint density at radius 3 is 2.67 bits per heavy atom. The Morgan fingerprint density at radius 2 is 2.00 bits per heavy atom. The molecule has 0 saturated heterocycles. The van der Waals surface area contributed by atoms with Crippen LogP contribution in [0.5, 0.6) is 5.75 Å². The molecule has 0 fully saturated rings. The number of aromatic nitrogens is 2. The molecule has 0 aliphatic heterocycles. The van der Waals surface area contributed by atoms with E-state index in [0.717, 1.165) is 0 Å². The van der Waals surface area contributed by atoms with Crippen LogP contribution in [0.25, 0.3) is 16.7 Å². The van der Waals surface area contributed by atoms with Crippen molar-refractivity contribution in [2.24, 2.45) is 0 Å². The molecular weight excluding hydrogens is 300 g/mol. The number of fused-ring (bicyclic) bond motifs is 1. The summed E-state index contributed by atoms with van der Waals surface area (Å²) in [5.74, 6) is -1.12. The van der Waals surface area contributed by atoms with E-state index < -0.39 is 11.6 Å². The molecule has 0 bridgehead atoms. The van der Waals surface area contributed by atoms with Crippen molar-refractivity contribution in [3.63, 3.8) is 0 Å². The van der Waals surface area contributed by atoms with Gasteiger partial charge in [-0.3, -0.25) is 4.57 Å². The molecule has 2 N–H and O–H groups in total. The zero-order valence-corrected chi connectivity index (χ0v) is 11.7. The highest BCUT2D eigenvalue weighted by Gasteiger charge is 2.18. The smallest absolute Gasteiger partial charge is 0.206 e. The standard InChI is InChI=1S/C14H10ClF2N3O/c1-21-12-6-11-10(5-9(12)17)19-14(18)20(11)13-7(15)3-2-4-8(13)16/h2-6H,1H3,(H2,18,19). The first kappa shape index (κ1) is 13.6. The number of anilines is 1. The molecule has 0 aliphatic carbocycles. The molecule has 0 saturated carbocycles. The van der Waals surface area contributed by atoms with E-state index in [-0.39, 0.29) is 27.9 Å². The molecule has 0 spiro atoms. The summed E-state index contributed by atoms with van der Waals surface area (Å²) >= 11 is 6.05. The van der Waals surface area contributed by atoms with Gasteiger partial charge < -0.3 is 10.5 Å².